The van der Waals surface area contributed by atoms with E-state index in [1.165, 1.54) is 10.8 Å². The van der Waals surface area contributed by atoms with Crippen LogP contribution in [0.5, 0.6) is 0 Å². The van der Waals surface area contributed by atoms with Crippen molar-refractivity contribution >= 4 is 20.6 Å². The lowest BCUT2D eigenvalue weighted by molar-refractivity contribution is 0.690. The fourth-order valence-corrected chi connectivity index (χ4v) is 2.65. The van der Waals surface area contributed by atoms with Crippen LogP contribution in [0.4, 0.5) is 0 Å². The second kappa shape index (κ2) is 6.36. The molecule has 0 aliphatic heterocycles. The molecule has 0 aromatic heterocycles. The molecule has 0 aliphatic carbocycles. The maximum Gasteiger partial charge on any atom is 0.0806 e. The van der Waals surface area contributed by atoms with E-state index in [4.69, 9.17) is 0 Å². The lowest BCUT2D eigenvalue weighted by Crippen LogP contribution is -1.89. The molecule has 0 spiro atoms. The van der Waals surface area contributed by atoms with E-state index in [9.17, 15) is 4.21 Å². The Morgan fingerprint density at radius 2 is 2.44 bits per heavy atom. The van der Waals surface area contributed by atoms with Gasteiger partial charge in [0.25, 0.3) is 0 Å². The molecule has 0 radical (unpaired) electrons. The van der Waals surface area contributed by atoms with Crippen molar-refractivity contribution in [3.63, 3.8) is 0 Å². The van der Waals surface area contributed by atoms with E-state index in [-0.39, 0.29) is 0 Å². The van der Waals surface area contributed by atoms with Crippen molar-refractivity contribution in [2.45, 2.75) is 13.3 Å². The van der Waals surface area contributed by atoms with Gasteiger partial charge in [0.05, 0.1) is 9.83 Å². The Bertz CT molecular complexity index is 101. The lowest BCUT2D eigenvalue weighted by atomic mass is 10.6. The van der Waals surface area contributed by atoms with Crippen molar-refractivity contribution in [2.24, 2.45) is 0 Å². The van der Waals surface area contributed by atoms with E-state index in [1.807, 2.05) is 6.92 Å². The smallest absolute Gasteiger partial charge is 0.0806 e. The molecule has 0 rings (SSSR count). The van der Waals surface area contributed by atoms with E-state index in [2.05, 4.69) is 6.58 Å². The van der Waals surface area contributed by atoms with Crippen molar-refractivity contribution in [3.8, 4) is 0 Å². The van der Waals surface area contributed by atoms with Gasteiger partial charge in [0.2, 0.25) is 0 Å². The van der Waals surface area contributed by atoms with Gasteiger partial charge in [0, 0.05) is 11.5 Å². The van der Waals surface area contributed by atoms with Gasteiger partial charge in [-0.1, -0.05) is 23.8 Å². The third-order valence-corrected chi connectivity index (χ3v) is 3.76. The predicted octanol–water partition coefficient (Wildman–Crippen LogP) is 1.98. The molecule has 1 atom stereocenters. The zero-order chi connectivity index (χ0) is 7.11. The molecule has 0 aliphatic rings. The van der Waals surface area contributed by atoms with Crippen LogP contribution in [0.1, 0.15) is 13.3 Å². The van der Waals surface area contributed by atoms with Crippen molar-refractivity contribution < 1.29 is 4.21 Å². The first-order chi connectivity index (χ1) is 4.31. The average Bonchev–Trinajstić information content (AvgIpc) is 1.85. The van der Waals surface area contributed by atoms with E-state index in [0.717, 1.165) is 17.9 Å². The molecule has 0 fully saturated rings. The van der Waals surface area contributed by atoms with Crippen molar-refractivity contribution in [1.82, 2.24) is 0 Å². The molecule has 9 heavy (non-hydrogen) atoms. The quantitative estimate of drug-likeness (QED) is 0.456. The Balaban J connectivity index is 3.16. The van der Waals surface area contributed by atoms with E-state index in [0.29, 0.717) is 0 Å². The number of rotatable bonds is 5. The first-order valence-electron chi connectivity index (χ1n) is 2.93. The number of hydrogen-bond donors (Lipinski definition) is 0. The maximum absolute atomic E-state index is 10.8. The molecule has 54 valence electrons. The topological polar surface area (TPSA) is 17.1 Å². The maximum atomic E-state index is 10.8. The molecule has 0 heterocycles. The van der Waals surface area contributed by atoms with Crippen LogP contribution in [0.25, 0.3) is 0 Å². The fraction of sp³-hybridized carbons (Fsp3) is 0.667. The molecular formula is C6H12OS2. The van der Waals surface area contributed by atoms with Crippen LogP contribution in [-0.4, -0.2) is 15.7 Å². The molecule has 1 nitrogen and oxygen atoms in total. The van der Waals surface area contributed by atoms with Crippen molar-refractivity contribution in [3.05, 3.63) is 12.7 Å². The summed E-state index contributed by atoms with van der Waals surface area (Å²) < 4.78 is 10.8. The Kier molecular flexibility index (Phi) is 6.53. The van der Waals surface area contributed by atoms with Crippen LogP contribution in [0.15, 0.2) is 12.7 Å². The molecule has 0 bridgehead atoms. The highest BCUT2D eigenvalue weighted by Gasteiger charge is 1.94. The van der Waals surface area contributed by atoms with Gasteiger partial charge in [-0.15, -0.1) is 6.58 Å². The third kappa shape index (κ3) is 6.12. The molecule has 0 amide bonds. The van der Waals surface area contributed by atoms with E-state index in [1.54, 1.807) is 6.08 Å². The largest absolute Gasteiger partial charge is 0.248 e. The van der Waals surface area contributed by atoms with Crippen LogP contribution < -0.4 is 0 Å². The molecule has 0 aromatic carbocycles. The Labute approximate surface area is 62.8 Å². The van der Waals surface area contributed by atoms with Gasteiger partial charge < -0.3 is 0 Å². The van der Waals surface area contributed by atoms with Gasteiger partial charge in [-0.05, 0) is 6.42 Å². The Morgan fingerprint density at radius 3 is 2.89 bits per heavy atom. The summed E-state index contributed by atoms with van der Waals surface area (Å²) in [5, 5.41) is 0. The minimum absolute atomic E-state index is 0.675. The highest BCUT2D eigenvalue weighted by molar-refractivity contribution is 8.69. The Morgan fingerprint density at radius 1 is 1.78 bits per heavy atom. The van der Waals surface area contributed by atoms with Gasteiger partial charge in [0.15, 0.2) is 0 Å². The normalized spacial score (nSPS) is 13.0. The van der Waals surface area contributed by atoms with Crippen LogP contribution >= 0.6 is 10.8 Å². The minimum Gasteiger partial charge on any atom is -0.248 e. The highest BCUT2D eigenvalue weighted by Crippen LogP contribution is 2.07. The second-order valence-electron chi connectivity index (χ2n) is 1.58. The average molecular weight is 164 g/mol. The van der Waals surface area contributed by atoms with E-state index >= 15 is 0 Å². The summed E-state index contributed by atoms with van der Waals surface area (Å²) in [6.45, 7) is 5.57. The monoisotopic (exact) mass is 164 g/mol. The standard InChI is InChI=1S/C6H12OS2/c1-3-5-8-9(7)6-4-2/h3H,1,4-6H2,2H3. The molecule has 0 saturated carbocycles. The number of hydrogen-bond acceptors (Lipinski definition) is 2. The SMILES string of the molecule is C=CCSS(=O)CCC. The van der Waals surface area contributed by atoms with Gasteiger partial charge in [-0.2, -0.15) is 0 Å². The zero-order valence-corrected chi connectivity index (χ0v) is 7.26. The van der Waals surface area contributed by atoms with Gasteiger partial charge in [-0.3, -0.25) is 0 Å². The summed E-state index contributed by atoms with van der Waals surface area (Å²) in [5.41, 5.74) is 0. The first-order valence-corrected chi connectivity index (χ1v) is 5.76. The van der Waals surface area contributed by atoms with Crippen molar-refractivity contribution in [2.75, 3.05) is 11.5 Å². The zero-order valence-electron chi connectivity index (χ0n) is 5.63. The molecule has 0 aromatic rings. The van der Waals surface area contributed by atoms with Crippen LogP contribution in [0.2, 0.25) is 0 Å². The van der Waals surface area contributed by atoms with Gasteiger partial charge in [0.1, 0.15) is 0 Å². The predicted molar refractivity (Wildman–Crippen MR) is 46.0 cm³/mol. The first kappa shape index (κ1) is 9.24. The van der Waals surface area contributed by atoms with Gasteiger partial charge in [-0.25, -0.2) is 4.21 Å². The summed E-state index contributed by atoms with van der Waals surface area (Å²) in [7, 11) is 0.781. The molecule has 0 N–H and O–H groups in total. The van der Waals surface area contributed by atoms with Gasteiger partial charge >= 0.3 is 0 Å². The fourth-order valence-electron chi connectivity index (χ4n) is 0.350. The lowest BCUT2D eigenvalue weighted by Gasteiger charge is -1.93. The molecule has 1 unspecified atom stereocenters. The summed E-state index contributed by atoms with van der Waals surface area (Å²) in [4.78, 5) is 0. The van der Waals surface area contributed by atoms with Crippen molar-refractivity contribution in [1.29, 1.82) is 0 Å². The van der Waals surface area contributed by atoms with E-state index < -0.39 is 9.83 Å². The summed E-state index contributed by atoms with van der Waals surface area (Å²) in [6.07, 6.45) is 2.77. The minimum atomic E-state index is -0.675. The third-order valence-electron chi connectivity index (χ3n) is 0.688. The van der Waals surface area contributed by atoms with Crippen LogP contribution in [0.3, 0.4) is 0 Å². The molecular weight excluding hydrogens is 152 g/mol. The highest BCUT2D eigenvalue weighted by atomic mass is 33.1. The molecule has 3 heteroatoms. The Hall–Kier alpha value is 0.240. The summed E-state index contributed by atoms with van der Waals surface area (Å²) in [5.74, 6) is 1.60. The van der Waals surface area contributed by atoms with Crippen LogP contribution in [0, 0.1) is 0 Å². The summed E-state index contributed by atoms with van der Waals surface area (Å²) in [6, 6.07) is 0. The second-order valence-corrected chi connectivity index (χ2v) is 4.99. The van der Waals surface area contributed by atoms with Crippen LogP contribution in [-0.2, 0) is 9.83 Å². The molecule has 0 saturated heterocycles. The summed E-state index contributed by atoms with van der Waals surface area (Å²) >= 11 is 0.